The van der Waals surface area contributed by atoms with Crippen LogP contribution < -0.4 is 4.74 Å². The van der Waals surface area contributed by atoms with Gasteiger partial charge in [-0.25, -0.2) is 4.79 Å². The van der Waals surface area contributed by atoms with Crippen molar-refractivity contribution in [2.45, 2.75) is 0 Å². The molecule has 4 rings (SSSR count). The molecule has 0 atom stereocenters. The lowest BCUT2D eigenvalue weighted by Crippen LogP contribution is -2.00. The summed E-state index contributed by atoms with van der Waals surface area (Å²) in [5, 5.41) is 2.29. The van der Waals surface area contributed by atoms with Gasteiger partial charge in [0.1, 0.15) is 5.75 Å². The molecule has 100 valence electrons. The van der Waals surface area contributed by atoms with Gasteiger partial charge in [0, 0.05) is 5.56 Å². The summed E-state index contributed by atoms with van der Waals surface area (Å²) in [6, 6.07) is 21.7. The number of fused-ring (bicyclic) bond motifs is 2. The number of benzene rings is 3. The van der Waals surface area contributed by atoms with Crippen molar-refractivity contribution in [2.24, 2.45) is 0 Å². The van der Waals surface area contributed by atoms with E-state index in [1.165, 1.54) is 0 Å². The first-order valence-corrected chi connectivity index (χ1v) is 6.84. The average Bonchev–Trinajstić information content (AvgIpc) is 2.84. The summed E-state index contributed by atoms with van der Waals surface area (Å²) < 4.78 is 5.30. The molecule has 0 amide bonds. The first kappa shape index (κ1) is 11.9. The maximum Gasteiger partial charge on any atom is 0.344 e. The minimum atomic E-state index is -0.288. The Morgan fingerprint density at radius 2 is 1.57 bits per heavy atom. The van der Waals surface area contributed by atoms with Crippen molar-refractivity contribution in [3.8, 4) is 5.75 Å². The van der Waals surface area contributed by atoms with Gasteiger partial charge in [-0.2, -0.15) is 0 Å². The van der Waals surface area contributed by atoms with Gasteiger partial charge >= 0.3 is 5.97 Å². The highest BCUT2D eigenvalue weighted by Gasteiger charge is 2.26. The quantitative estimate of drug-likeness (QED) is 0.375. The third-order valence-corrected chi connectivity index (χ3v) is 3.72. The minimum absolute atomic E-state index is 0.288. The number of rotatable bonds is 1. The first-order valence-electron chi connectivity index (χ1n) is 6.84. The smallest absolute Gasteiger partial charge is 0.344 e. The van der Waals surface area contributed by atoms with Crippen molar-refractivity contribution in [3.05, 3.63) is 77.9 Å². The van der Waals surface area contributed by atoms with Crippen LogP contribution in [0.3, 0.4) is 0 Å². The van der Waals surface area contributed by atoms with Crippen molar-refractivity contribution >= 4 is 28.4 Å². The zero-order chi connectivity index (χ0) is 14.2. The Kier molecular flexibility index (Phi) is 2.61. The van der Waals surface area contributed by atoms with Crippen LogP contribution >= 0.6 is 0 Å². The third kappa shape index (κ3) is 1.93. The highest BCUT2D eigenvalue weighted by molar-refractivity contribution is 6.26. The van der Waals surface area contributed by atoms with Crippen LogP contribution in [0.1, 0.15) is 11.1 Å². The lowest BCUT2D eigenvalue weighted by molar-refractivity contribution is -0.126. The fourth-order valence-corrected chi connectivity index (χ4v) is 2.71. The molecule has 0 aromatic heterocycles. The van der Waals surface area contributed by atoms with Crippen LogP contribution in [0.15, 0.2) is 66.7 Å². The summed E-state index contributed by atoms with van der Waals surface area (Å²) in [7, 11) is 0. The Morgan fingerprint density at radius 1 is 0.810 bits per heavy atom. The second-order valence-corrected chi connectivity index (χ2v) is 5.01. The summed E-state index contributed by atoms with van der Waals surface area (Å²) in [6.07, 6.45) is 1.91. The molecule has 0 spiro atoms. The predicted octanol–water partition coefficient (Wildman–Crippen LogP) is 4.30. The molecule has 3 aromatic rings. The molecule has 0 fully saturated rings. The van der Waals surface area contributed by atoms with Crippen molar-refractivity contribution < 1.29 is 9.53 Å². The molecule has 0 saturated heterocycles. The Balaban J connectivity index is 1.93. The van der Waals surface area contributed by atoms with Crippen LogP contribution in [-0.2, 0) is 4.79 Å². The Hall–Kier alpha value is -2.87. The zero-order valence-corrected chi connectivity index (χ0v) is 11.2. The lowest BCUT2D eigenvalue weighted by Gasteiger charge is -2.03. The van der Waals surface area contributed by atoms with E-state index in [1.807, 2.05) is 54.6 Å². The SMILES string of the molecule is O=C1Oc2ccccc2/C1=C/c1cccc2ccccc12. The second kappa shape index (κ2) is 4.60. The molecule has 2 heteroatoms. The molecule has 0 aliphatic carbocycles. The van der Waals surface area contributed by atoms with Gasteiger partial charge in [0.2, 0.25) is 0 Å². The topological polar surface area (TPSA) is 26.3 Å². The van der Waals surface area contributed by atoms with E-state index in [4.69, 9.17) is 4.74 Å². The maximum absolute atomic E-state index is 12.1. The largest absolute Gasteiger partial charge is 0.422 e. The molecule has 1 heterocycles. The summed E-state index contributed by atoms with van der Waals surface area (Å²) in [5.74, 6) is 0.345. The van der Waals surface area contributed by atoms with Crippen molar-refractivity contribution in [1.82, 2.24) is 0 Å². The number of esters is 1. The van der Waals surface area contributed by atoms with Gasteiger partial charge in [0.25, 0.3) is 0 Å². The fourth-order valence-electron chi connectivity index (χ4n) is 2.71. The highest BCUT2D eigenvalue weighted by atomic mass is 16.5. The van der Waals surface area contributed by atoms with E-state index >= 15 is 0 Å². The van der Waals surface area contributed by atoms with Crippen LogP contribution in [0.4, 0.5) is 0 Å². The molecule has 3 aromatic carbocycles. The summed E-state index contributed by atoms with van der Waals surface area (Å²) >= 11 is 0. The molecule has 1 aliphatic heterocycles. The fraction of sp³-hybridized carbons (Fsp3) is 0. The number of hydrogen-bond donors (Lipinski definition) is 0. The van der Waals surface area contributed by atoms with Gasteiger partial charge in [-0.3, -0.25) is 0 Å². The molecule has 0 unspecified atom stereocenters. The monoisotopic (exact) mass is 272 g/mol. The lowest BCUT2D eigenvalue weighted by atomic mass is 10.00. The van der Waals surface area contributed by atoms with Crippen LogP contribution in [-0.4, -0.2) is 5.97 Å². The third-order valence-electron chi connectivity index (χ3n) is 3.72. The number of ether oxygens (including phenoxy) is 1. The number of carbonyl (C=O) groups excluding carboxylic acids is 1. The number of carbonyl (C=O) groups is 1. The Morgan fingerprint density at radius 3 is 2.52 bits per heavy atom. The van der Waals surface area contributed by atoms with E-state index in [9.17, 15) is 4.79 Å². The van der Waals surface area contributed by atoms with Crippen LogP contribution in [0.25, 0.3) is 22.4 Å². The second-order valence-electron chi connectivity index (χ2n) is 5.01. The van der Waals surface area contributed by atoms with E-state index in [0.29, 0.717) is 11.3 Å². The molecule has 0 bridgehead atoms. The molecule has 21 heavy (non-hydrogen) atoms. The number of para-hydroxylation sites is 1. The molecule has 0 N–H and O–H groups in total. The van der Waals surface area contributed by atoms with Gasteiger partial charge in [0.15, 0.2) is 0 Å². The Labute approximate surface area is 122 Å². The van der Waals surface area contributed by atoms with Gasteiger partial charge in [-0.05, 0) is 28.5 Å². The summed E-state index contributed by atoms with van der Waals surface area (Å²) in [5.41, 5.74) is 2.49. The average molecular weight is 272 g/mol. The van der Waals surface area contributed by atoms with E-state index in [2.05, 4.69) is 18.2 Å². The summed E-state index contributed by atoms with van der Waals surface area (Å²) in [4.78, 5) is 12.1. The van der Waals surface area contributed by atoms with Gasteiger partial charge in [-0.15, -0.1) is 0 Å². The van der Waals surface area contributed by atoms with E-state index in [1.54, 1.807) is 0 Å². The molecule has 2 nitrogen and oxygen atoms in total. The maximum atomic E-state index is 12.1. The van der Waals surface area contributed by atoms with Crippen molar-refractivity contribution in [2.75, 3.05) is 0 Å². The van der Waals surface area contributed by atoms with Gasteiger partial charge < -0.3 is 4.74 Å². The predicted molar refractivity (Wildman–Crippen MR) is 83.9 cm³/mol. The zero-order valence-electron chi connectivity index (χ0n) is 11.2. The summed E-state index contributed by atoms with van der Waals surface area (Å²) in [6.45, 7) is 0. The molecule has 0 saturated carbocycles. The van der Waals surface area contributed by atoms with E-state index < -0.39 is 0 Å². The van der Waals surface area contributed by atoms with E-state index in [-0.39, 0.29) is 5.97 Å². The normalized spacial score (nSPS) is 15.2. The Bertz CT molecular complexity index is 885. The van der Waals surface area contributed by atoms with Gasteiger partial charge in [0.05, 0.1) is 5.57 Å². The molecule has 1 aliphatic rings. The standard InChI is InChI=1S/C19H12O2/c20-19-17(16-10-3-4-11-18(16)21-19)12-14-8-5-7-13-6-1-2-9-15(13)14/h1-12H/b17-12-. The van der Waals surface area contributed by atoms with E-state index in [0.717, 1.165) is 21.9 Å². The van der Waals surface area contributed by atoms with Crippen molar-refractivity contribution in [1.29, 1.82) is 0 Å². The molecular weight excluding hydrogens is 260 g/mol. The van der Waals surface area contributed by atoms with Gasteiger partial charge in [-0.1, -0.05) is 60.7 Å². The number of hydrogen-bond acceptors (Lipinski definition) is 2. The highest BCUT2D eigenvalue weighted by Crippen LogP contribution is 2.35. The molecule has 0 radical (unpaired) electrons. The minimum Gasteiger partial charge on any atom is -0.422 e. The van der Waals surface area contributed by atoms with Crippen LogP contribution in [0.5, 0.6) is 5.75 Å². The van der Waals surface area contributed by atoms with Crippen molar-refractivity contribution in [3.63, 3.8) is 0 Å². The van der Waals surface area contributed by atoms with Crippen LogP contribution in [0, 0.1) is 0 Å². The molecular formula is C19H12O2. The van der Waals surface area contributed by atoms with Crippen LogP contribution in [0.2, 0.25) is 0 Å². The first-order chi connectivity index (χ1) is 10.3.